The first-order valence-corrected chi connectivity index (χ1v) is 8.23. The average Bonchev–Trinajstić information content (AvgIpc) is 2.89. The minimum atomic E-state index is -0.402. The van der Waals surface area contributed by atoms with Gasteiger partial charge in [-0.25, -0.2) is 4.98 Å². The molecule has 1 N–H and O–H groups in total. The molecule has 25 heavy (non-hydrogen) atoms. The van der Waals surface area contributed by atoms with E-state index in [1.807, 2.05) is 37.6 Å². The topological polar surface area (TPSA) is 81.3 Å². The number of aromatic nitrogens is 4. The highest BCUT2D eigenvalue weighted by atomic mass is 16.2. The van der Waals surface area contributed by atoms with Crippen molar-refractivity contribution in [3.8, 4) is 0 Å². The zero-order valence-electron chi connectivity index (χ0n) is 14.6. The Kier molecular flexibility index (Phi) is 4.65. The molecule has 0 bridgehead atoms. The molecule has 0 aliphatic rings. The van der Waals surface area contributed by atoms with Gasteiger partial charge in [0.25, 0.3) is 11.5 Å². The van der Waals surface area contributed by atoms with Crippen LogP contribution in [0.3, 0.4) is 0 Å². The van der Waals surface area contributed by atoms with Gasteiger partial charge in [0.2, 0.25) is 0 Å². The average molecular weight is 339 g/mol. The molecule has 3 aromatic rings. The van der Waals surface area contributed by atoms with Crippen LogP contribution in [0.4, 0.5) is 0 Å². The van der Waals surface area contributed by atoms with Gasteiger partial charge in [0.15, 0.2) is 0 Å². The Labute approximate surface area is 145 Å². The lowest BCUT2D eigenvalue weighted by Crippen LogP contribution is -2.32. The quantitative estimate of drug-likeness (QED) is 0.717. The van der Waals surface area contributed by atoms with E-state index in [1.165, 1.54) is 10.6 Å². The van der Waals surface area contributed by atoms with Crippen LogP contribution >= 0.6 is 0 Å². The fraction of sp³-hybridized carbons (Fsp3) is 0.333. The van der Waals surface area contributed by atoms with Gasteiger partial charge in [0, 0.05) is 31.2 Å². The Morgan fingerprint density at radius 2 is 2.04 bits per heavy atom. The molecule has 0 atom stereocenters. The minimum Gasteiger partial charge on any atom is -0.352 e. The minimum absolute atomic E-state index is 0.0486. The third kappa shape index (κ3) is 3.60. The fourth-order valence-corrected chi connectivity index (χ4v) is 2.76. The maximum Gasteiger partial charge on any atom is 0.270 e. The van der Waals surface area contributed by atoms with Crippen molar-refractivity contribution in [2.75, 3.05) is 6.54 Å². The zero-order valence-corrected chi connectivity index (χ0v) is 14.6. The Bertz CT molecular complexity index is 987. The van der Waals surface area contributed by atoms with Crippen molar-refractivity contribution in [2.24, 2.45) is 0 Å². The summed E-state index contributed by atoms with van der Waals surface area (Å²) in [6.45, 7) is 7.06. The molecule has 0 saturated heterocycles. The van der Waals surface area contributed by atoms with Crippen LogP contribution in [-0.4, -0.2) is 31.6 Å². The Hall–Kier alpha value is -2.96. The molecule has 0 aliphatic carbocycles. The first-order chi connectivity index (χ1) is 12.0. The van der Waals surface area contributed by atoms with E-state index in [4.69, 9.17) is 0 Å². The summed E-state index contributed by atoms with van der Waals surface area (Å²) in [6, 6.07) is 5.63. The normalized spacial score (nSPS) is 11.0. The number of nitrogens with one attached hydrogen (secondary N) is 1. The molecule has 3 aromatic heterocycles. The van der Waals surface area contributed by atoms with Crippen molar-refractivity contribution in [3.63, 3.8) is 0 Å². The van der Waals surface area contributed by atoms with Crippen molar-refractivity contribution < 1.29 is 4.79 Å². The van der Waals surface area contributed by atoms with Crippen molar-refractivity contribution in [1.82, 2.24) is 24.5 Å². The predicted molar refractivity (Wildman–Crippen MR) is 94.9 cm³/mol. The van der Waals surface area contributed by atoms with E-state index < -0.39 is 5.91 Å². The molecule has 0 aliphatic heterocycles. The third-order valence-electron chi connectivity index (χ3n) is 4.05. The van der Waals surface area contributed by atoms with Crippen molar-refractivity contribution in [3.05, 3.63) is 63.5 Å². The van der Waals surface area contributed by atoms with Crippen molar-refractivity contribution in [1.29, 1.82) is 0 Å². The van der Waals surface area contributed by atoms with Crippen LogP contribution in [0.5, 0.6) is 0 Å². The van der Waals surface area contributed by atoms with Crippen molar-refractivity contribution >= 4 is 11.6 Å². The van der Waals surface area contributed by atoms with Crippen LogP contribution in [0, 0.1) is 20.8 Å². The van der Waals surface area contributed by atoms with Gasteiger partial charge in [-0.1, -0.05) is 0 Å². The lowest BCUT2D eigenvalue weighted by atomic mass is 10.2. The van der Waals surface area contributed by atoms with E-state index >= 15 is 0 Å². The standard InChI is InChI=1S/C18H21N5O2/c1-12-5-8-22-16(9-12)20-11-15(18(22)25)17(24)19-6-4-7-23-14(3)10-13(2)21-23/h5,8-11H,4,6-7H2,1-3H3,(H,19,24). The number of hydrogen-bond donors (Lipinski definition) is 1. The van der Waals surface area contributed by atoms with Crippen LogP contribution < -0.4 is 10.9 Å². The number of amides is 1. The van der Waals surface area contributed by atoms with Crippen LogP contribution in [0.1, 0.15) is 33.7 Å². The number of pyridine rings is 1. The van der Waals surface area contributed by atoms with Crippen LogP contribution in [0.25, 0.3) is 5.65 Å². The number of carbonyl (C=O) groups excluding carboxylic acids is 1. The Balaban J connectivity index is 1.64. The Morgan fingerprint density at radius 3 is 2.76 bits per heavy atom. The van der Waals surface area contributed by atoms with E-state index in [0.717, 1.165) is 23.4 Å². The smallest absolute Gasteiger partial charge is 0.270 e. The summed E-state index contributed by atoms with van der Waals surface area (Å²) in [5.74, 6) is -0.402. The van der Waals surface area contributed by atoms with Crippen molar-refractivity contribution in [2.45, 2.75) is 33.7 Å². The van der Waals surface area contributed by atoms with E-state index in [-0.39, 0.29) is 11.1 Å². The maximum atomic E-state index is 12.4. The molecular weight excluding hydrogens is 318 g/mol. The summed E-state index contributed by atoms with van der Waals surface area (Å²) in [6.07, 6.45) is 3.71. The van der Waals surface area contributed by atoms with Crippen LogP contribution in [0.2, 0.25) is 0 Å². The lowest BCUT2D eigenvalue weighted by Gasteiger charge is -2.07. The van der Waals surface area contributed by atoms with E-state index in [1.54, 1.807) is 12.3 Å². The highest BCUT2D eigenvalue weighted by Gasteiger charge is 2.13. The molecule has 7 nitrogen and oxygen atoms in total. The summed E-state index contributed by atoms with van der Waals surface area (Å²) in [5.41, 5.74) is 3.30. The first kappa shape index (κ1) is 16.9. The molecular formula is C18H21N5O2. The molecule has 0 spiro atoms. The van der Waals surface area contributed by atoms with Crippen LogP contribution in [-0.2, 0) is 6.54 Å². The fourth-order valence-electron chi connectivity index (χ4n) is 2.76. The second-order valence-electron chi connectivity index (χ2n) is 6.17. The molecule has 1 amide bonds. The first-order valence-electron chi connectivity index (χ1n) is 8.23. The van der Waals surface area contributed by atoms with Gasteiger partial charge in [-0.15, -0.1) is 0 Å². The van der Waals surface area contributed by atoms with E-state index in [2.05, 4.69) is 15.4 Å². The van der Waals surface area contributed by atoms with Gasteiger partial charge in [0.1, 0.15) is 11.2 Å². The number of carbonyl (C=O) groups is 1. The molecule has 0 unspecified atom stereocenters. The summed E-state index contributed by atoms with van der Waals surface area (Å²) in [5, 5.41) is 7.16. The molecule has 130 valence electrons. The largest absolute Gasteiger partial charge is 0.352 e. The number of hydrogen-bond acceptors (Lipinski definition) is 4. The maximum absolute atomic E-state index is 12.4. The molecule has 0 fully saturated rings. The molecule has 3 heterocycles. The summed E-state index contributed by atoms with van der Waals surface area (Å²) in [4.78, 5) is 28.9. The molecule has 0 radical (unpaired) electrons. The van der Waals surface area contributed by atoms with Gasteiger partial charge < -0.3 is 5.32 Å². The van der Waals surface area contributed by atoms with E-state index in [0.29, 0.717) is 18.7 Å². The molecule has 0 saturated carbocycles. The third-order valence-corrected chi connectivity index (χ3v) is 4.05. The number of rotatable bonds is 5. The van der Waals surface area contributed by atoms with Gasteiger partial charge in [-0.05, 0) is 51.0 Å². The highest BCUT2D eigenvalue weighted by Crippen LogP contribution is 2.03. The van der Waals surface area contributed by atoms with E-state index in [9.17, 15) is 9.59 Å². The highest BCUT2D eigenvalue weighted by molar-refractivity contribution is 5.93. The summed E-state index contributed by atoms with van der Waals surface area (Å²) < 4.78 is 3.30. The molecule has 3 rings (SSSR count). The second kappa shape index (κ2) is 6.88. The van der Waals surface area contributed by atoms with Gasteiger partial charge in [-0.2, -0.15) is 5.10 Å². The van der Waals surface area contributed by atoms with Gasteiger partial charge >= 0.3 is 0 Å². The Morgan fingerprint density at radius 1 is 1.24 bits per heavy atom. The zero-order chi connectivity index (χ0) is 18.0. The number of fused-ring (bicyclic) bond motifs is 1. The number of aryl methyl sites for hydroxylation is 4. The summed E-state index contributed by atoms with van der Waals surface area (Å²) >= 11 is 0. The second-order valence-corrected chi connectivity index (χ2v) is 6.17. The number of nitrogens with zero attached hydrogens (tertiary/aromatic N) is 4. The monoisotopic (exact) mass is 339 g/mol. The lowest BCUT2D eigenvalue weighted by molar-refractivity contribution is 0.0950. The summed E-state index contributed by atoms with van der Waals surface area (Å²) in [7, 11) is 0. The SMILES string of the molecule is Cc1ccn2c(=O)c(C(=O)NCCCn3nc(C)cc3C)cnc2c1. The van der Waals surface area contributed by atoms with Crippen LogP contribution in [0.15, 0.2) is 35.4 Å². The predicted octanol–water partition coefficient (Wildman–Crippen LogP) is 1.64. The molecule has 7 heteroatoms. The molecule has 0 aromatic carbocycles. The van der Waals surface area contributed by atoms with Gasteiger partial charge in [-0.3, -0.25) is 18.7 Å². The van der Waals surface area contributed by atoms with Gasteiger partial charge in [0.05, 0.1) is 5.69 Å².